The van der Waals surface area contributed by atoms with Crippen LogP contribution in [0.4, 0.5) is 0 Å². The van der Waals surface area contributed by atoms with Crippen LogP contribution in [0.5, 0.6) is 0 Å². The summed E-state index contributed by atoms with van der Waals surface area (Å²) in [6.45, 7) is 4.57. The van der Waals surface area contributed by atoms with E-state index in [1.807, 2.05) is 0 Å². The van der Waals surface area contributed by atoms with E-state index in [4.69, 9.17) is 0 Å². The van der Waals surface area contributed by atoms with E-state index >= 15 is 0 Å². The van der Waals surface area contributed by atoms with E-state index in [1.165, 1.54) is 39.2 Å². The van der Waals surface area contributed by atoms with Crippen molar-refractivity contribution in [3.63, 3.8) is 0 Å². The average Bonchev–Trinajstić information content (AvgIpc) is 2.15. The lowest BCUT2D eigenvalue weighted by Gasteiger charge is -2.21. The maximum atomic E-state index is 11.0. The molecule has 2 N–H and O–H groups in total. The van der Waals surface area contributed by atoms with E-state index in [0.717, 1.165) is 0 Å². The zero-order valence-electron chi connectivity index (χ0n) is 9.52. The van der Waals surface area contributed by atoms with Gasteiger partial charge in [-0.05, 0) is 20.8 Å². The molecule has 4 heteroatoms. The van der Waals surface area contributed by atoms with Crippen molar-refractivity contribution in [3.05, 3.63) is 23.8 Å². The van der Waals surface area contributed by atoms with E-state index in [0.29, 0.717) is 5.57 Å². The van der Waals surface area contributed by atoms with Crippen LogP contribution in [0, 0.1) is 0 Å². The maximum Gasteiger partial charge on any atom is 0.333 e. The van der Waals surface area contributed by atoms with E-state index < -0.39 is 17.7 Å². The number of rotatable bonds is 4. The van der Waals surface area contributed by atoms with E-state index in [-0.39, 0.29) is 0 Å². The highest BCUT2D eigenvalue weighted by Gasteiger charge is 2.22. The van der Waals surface area contributed by atoms with Gasteiger partial charge in [-0.15, -0.1) is 0 Å². The smallest absolute Gasteiger partial charge is 0.333 e. The fraction of sp³-hybridized carbons (Fsp3) is 0.545. The third kappa shape index (κ3) is 4.76. The molecular weight excluding hydrogens is 196 g/mol. The molecule has 0 bridgehead atoms. The molecule has 0 saturated heterocycles. The number of carbonyl (C=O) groups excluding carboxylic acids is 1. The quantitative estimate of drug-likeness (QED) is 0.412. The summed E-state index contributed by atoms with van der Waals surface area (Å²) >= 11 is 0. The molecule has 0 radical (unpaired) electrons. The summed E-state index contributed by atoms with van der Waals surface area (Å²) in [5, 5.41) is 18.8. The van der Waals surface area contributed by atoms with Gasteiger partial charge in [0.1, 0.15) is 5.60 Å². The summed E-state index contributed by atoms with van der Waals surface area (Å²) in [4.78, 5) is 11.0. The molecule has 0 spiro atoms. The molecule has 0 heterocycles. The Kier molecular flexibility index (Phi) is 5.25. The molecule has 0 aliphatic heterocycles. The van der Waals surface area contributed by atoms with Crippen molar-refractivity contribution < 1.29 is 19.7 Å². The molecule has 1 unspecified atom stereocenters. The first-order valence-electron chi connectivity index (χ1n) is 4.66. The first-order valence-corrected chi connectivity index (χ1v) is 4.66. The van der Waals surface area contributed by atoms with E-state index in [1.54, 1.807) is 6.92 Å². The number of aliphatic hydroxyl groups is 2. The SMILES string of the molecule is COC(=O)/C(C)=C/C=C/[C@@](C)(O)C(C)O. The molecule has 0 aliphatic carbocycles. The second-order valence-electron chi connectivity index (χ2n) is 3.60. The first-order chi connectivity index (χ1) is 6.81. The predicted octanol–water partition coefficient (Wildman–Crippen LogP) is 0.794. The van der Waals surface area contributed by atoms with Crippen LogP contribution < -0.4 is 0 Å². The highest BCUT2D eigenvalue weighted by molar-refractivity contribution is 5.87. The van der Waals surface area contributed by atoms with Crippen LogP contribution in [0.1, 0.15) is 20.8 Å². The molecule has 0 rings (SSSR count). The Labute approximate surface area is 89.9 Å². The largest absolute Gasteiger partial charge is 0.466 e. The van der Waals surface area contributed by atoms with Crippen molar-refractivity contribution in [2.75, 3.05) is 7.11 Å². The Balaban J connectivity index is 4.50. The van der Waals surface area contributed by atoms with Crippen molar-refractivity contribution in [3.8, 4) is 0 Å². The minimum Gasteiger partial charge on any atom is -0.466 e. The Morgan fingerprint density at radius 2 is 2.07 bits per heavy atom. The number of methoxy groups -OCH3 is 1. The van der Waals surface area contributed by atoms with Gasteiger partial charge in [0.25, 0.3) is 0 Å². The van der Waals surface area contributed by atoms with Gasteiger partial charge < -0.3 is 14.9 Å². The molecule has 2 atom stereocenters. The summed E-state index contributed by atoms with van der Waals surface area (Å²) in [7, 11) is 1.30. The summed E-state index contributed by atoms with van der Waals surface area (Å²) in [6, 6.07) is 0. The van der Waals surface area contributed by atoms with Crippen LogP contribution in [0.15, 0.2) is 23.8 Å². The fourth-order valence-electron chi connectivity index (χ4n) is 0.756. The topological polar surface area (TPSA) is 66.8 Å². The van der Waals surface area contributed by atoms with Crippen LogP contribution in [0.2, 0.25) is 0 Å². The number of carbonyl (C=O) groups is 1. The molecular formula is C11H18O4. The third-order valence-electron chi connectivity index (χ3n) is 2.13. The molecule has 0 aliphatic rings. The number of allylic oxidation sites excluding steroid dienone is 2. The molecule has 0 amide bonds. The average molecular weight is 214 g/mol. The molecule has 0 aromatic carbocycles. The third-order valence-corrected chi connectivity index (χ3v) is 2.13. The number of aliphatic hydroxyl groups excluding tert-OH is 1. The van der Waals surface area contributed by atoms with Gasteiger partial charge >= 0.3 is 5.97 Å². The van der Waals surface area contributed by atoms with Crippen LogP contribution in [-0.4, -0.2) is 35.0 Å². The van der Waals surface area contributed by atoms with Gasteiger partial charge in [-0.2, -0.15) is 0 Å². The lowest BCUT2D eigenvalue weighted by molar-refractivity contribution is -0.136. The summed E-state index contributed by atoms with van der Waals surface area (Å²) in [5.74, 6) is -0.420. The van der Waals surface area contributed by atoms with Gasteiger partial charge in [0, 0.05) is 5.57 Å². The van der Waals surface area contributed by atoms with Gasteiger partial charge in [0.15, 0.2) is 0 Å². The van der Waals surface area contributed by atoms with Gasteiger partial charge in [-0.25, -0.2) is 4.79 Å². The Morgan fingerprint density at radius 3 is 2.47 bits per heavy atom. The highest BCUT2D eigenvalue weighted by Crippen LogP contribution is 2.11. The molecule has 0 aromatic rings. The van der Waals surface area contributed by atoms with Gasteiger partial charge in [-0.3, -0.25) is 0 Å². The lowest BCUT2D eigenvalue weighted by Crippen LogP contribution is -2.34. The molecule has 4 nitrogen and oxygen atoms in total. The number of ether oxygens (including phenoxy) is 1. The predicted molar refractivity (Wildman–Crippen MR) is 57.2 cm³/mol. The van der Waals surface area contributed by atoms with Crippen LogP contribution in [-0.2, 0) is 9.53 Å². The number of hydrogen-bond acceptors (Lipinski definition) is 4. The van der Waals surface area contributed by atoms with Gasteiger partial charge in [-0.1, -0.05) is 18.2 Å². The monoisotopic (exact) mass is 214 g/mol. The van der Waals surface area contributed by atoms with Crippen molar-refractivity contribution in [2.45, 2.75) is 32.5 Å². The molecule has 0 aromatic heterocycles. The Bertz CT molecular complexity index is 274. The zero-order valence-corrected chi connectivity index (χ0v) is 9.52. The van der Waals surface area contributed by atoms with Crippen LogP contribution in [0.3, 0.4) is 0 Å². The molecule has 86 valence electrons. The molecule has 0 saturated carbocycles. The Morgan fingerprint density at radius 1 is 1.53 bits per heavy atom. The standard InChI is InChI=1S/C11H18O4/c1-8(10(13)15-4)6-5-7-11(3,14)9(2)12/h5-7,9,12,14H,1-4H3/b7-5+,8-6+/t9?,11-/m1/s1. The second-order valence-corrected chi connectivity index (χ2v) is 3.60. The summed E-state index contributed by atoms with van der Waals surface area (Å²) in [6.07, 6.45) is 3.58. The van der Waals surface area contributed by atoms with Crippen molar-refractivity contribution >= 4 is 5.97 Å². The van der Waals surface area contributed by atoms with Gasteiger partial charge in [0.2, 0.25) is 0 Å². The fourth-order valence-corrected chi connectivity index (χ4v) is 0.756. The summed E-state index contributed by atoms with van der Waals surface area (Å²) in [5.41, 5.74) is -0.873. The highest BCUT2D eigenvalue weighted by atomic mass is 16.5. The van der Waals surface area contributed by atoms with Crippen molar-refractivity contribution in [1.82, 2.24) is 0 Å². The minimum absolute atomic E-state index is 0.420. The lowest BCUT2D eigenvalue weighted by atomic mass is 10.00. The van der Waals surface area contributed by atoms with E-state index in [2.05, 4.69) is 4.74 Å². The molecule has 15 heavy (non-hydrogen) atoms. The first kappa shape index (κ1) is 13.9. The minimum atomic E-state index is -1.30. The van der Waals surface area contributed by atoms with Crippen molar-refractivity contribution in [2.24, 2.45) is 0 Å². The van der Waals surface area contributed by atoms with Crippen molar-refractivity contribution in [1.29, 1.82) is 0 Å². The zero-order chi connectivity index (χ0) is 12.1. The summed E-state index contributed by atoms with van der Waals surface area (Å²) < 4.78 is 4.49. The number of esters is 1. The van der Waals surface area contributed by atoms with Crippen LogP contribution >= 0.6 is 0 Å². The van der Waals surface area contributed by atoms with Gasteiger partial charge in [0.05, 0.1) is 13.2 Å². The Hall–Kier alpha value is -1.13. The molecule has 0 fully saturated rings. The van der Waals surface area contributed by atoms with Crippen LogP contribution in [0.25, 0.3) is 0 Å². The number of hydrogen-bond donors (Lipinski definition) is 2. The maximum absolute atomic E-state index is 11.0. The second kappa shape index (κ2) is 5.68. The van der Waals surface area contributed by atoms with E-state index in [9.17, 15) is 15.0 Å². The normalized spacial score (nSPS) is 18.7.